The van der Waals surface area contributed by atoms with Crippen molar-refractivity contribution in [2.24, 2.45) is 0 Å². The molecule has 0 fully saturated rings. The zero-order valence-corrected chi connectivity index (χ0v) is 23.4. The van der Waals surface area contributed by atoms with Crippen LogP contribution < -0.4 is 10.1 Å². The van der Waals surface area contributed by atoms with Gasteiger partial charge in [0.15, 0.2) is 0 Å². The number of alkyl halides is 3. The number of imidazole rings is 1. The summed E-state index contributed by atoms with van der Waals surface area (Å²) in [6, 6.07) is 13.3. The van der Waals surface area contributed by atoms with Gasteiger partial charge in [-0.15, -0.1) is 0 Å². The van der Waals surface area contributed by atoms with Gasteiger partial charge in [-0.2, -0.15) is 13.2 Å². The summed E-state index contributed by atoms with van der Waals surface area (Å²) in [4.78, 5) is 47.3. The second-order valence-electron chi connectivity index (χ2n) is 10.2. The number of H-pyrrole nitrogens is 2. The number of nitrogens with zero attached hydrogens (tertiary/aromatic N) is 1. The fourth-order valence-electron chi connectivity index (χ4n) is 4.80. The van der Waals surface area contributed by atoms with Crippen LogP contribution in [-0.4, -0.2) is 38.8 Å². The molecule has 2 aromatic heterocycles. The van der Waals surface area contributed by atoms with E-state index in [2.05, 4.69) is 25.0 Å². The lowest BCUT2D eigenvalue weighted by atomic mass is 10.0. The predicted octanol–water partition coefficient (Wildman–Crippen LogP) is 6.66. The maximum Gasteiger partial charge on any atom is 0.491 e. The zero-order chi connectivity index (χ0) is 30.3. The molecule has 4 rings (SSSR count). The van der Waals surface area contributed by atoms with E-state index in [0.717, 1.165) is 30.5 Å². The number of carbonyl (C=O) groups is 3. The van der Waals surface area contributed by atoms with Gasteiger partial charge < -0.3 is 20.0 Å². The summed E-state index contributed by atoms with van der Waals surface area (Å²) < 4.78 is 42.6. The molecule has 4 aromatic rings. The Morgan fingerprint density at radius 3 is 2.50 bits per heavy atom. The van der Waals surface area contributed by atoms with Crippen LogP contribution in [0.4, 0.5) is 13.2 Å². The summed E-state index contributed by atoms with van der Waals surface area (Å²) in [5, 5.41) is 3.54. The first-order chi connectivity index (χ1) is 20.0. The second-order valence-corrected chi connectivity index (χ2v) is 10.2. The molecule has 0 aliphatic rings. The van der Waals surface area contributed by atoms with Crippen LogP contribution in [0.5, 0.6) is 5.75 Å². The Hall–Kier alpha value is -4.41. The Kier molecular flexibility index (Phi) is 9.82. The Morgan fingerprint density at radius 1 is 1.02 bits per heavy atom. The van der Waals surface area contributed by atoms with Crippen LogP contribution in [0.25, 0.3) is 22.2 Å². The van der Waals surface area contributed by atoms with Crippen molar-refractivity contribution < 1.29 is 32.3 Å². The number of aryl methyl sites for hydroxylation is 1. The molecule has 0 unspecified atom stereocenters. The average Bonchev–Trinajstić information content (AvgIpc) is 3.57. The number of aromatic amines is 2. The molecule has 0 aliphatic carbocycles. The van der Waals surface area contributed by atoms with Gasteiger partial charge in [-0.25, -0.2) is 9.78 Å². The minimum atomic E-state index is -5.13. The van der Waals surface area contributed by atoms with Gasteiger partial charge in [-0.3, -0.25) is 9.59 Å². The van der Waals surface area contributed by atoms with Crippen molar-refractivity contribution in [3.05, 3.63) is 71.8 Å². The summed E-state index contributed by atoms with van der Waals surface area (Å²) in [6.45, 7) is 3.61. The Bertz CT molecular complexity index is 1540. The van der Waals surface area contributed by atoms with Gasteiger partial charge in [-0.1, -0.05) is 50.1 Å². The fraction of sp³-hybridized carbons (Fsp3) is 0.355. The van der Waals surface area contributed by atoms with Gasteiger partial charge in [0.25, 0.3) is 0 Å². The summed E-state index contributed by atoms with van der Waals surface area (Å²) in [7, 11) is 0. The van der Waals surface area contributed by atoms with Crippen LogP contribution in [0, 0.1) is 6.92 Å². The molecule has 2 heterocycles. The van der Waals surface area contributed by atoms with Crippen molar-refractivity contribution in [2.45, 2.75) is 71.0 Å². The first-order valence-electron chi connectivity index (χ1n) is 13.9. The molecule has 1 amide bonds. The summed E-state index contributed by atoms with van der Waals surface area (Å²) in [6.07, 6.45) is 0.551. The maximum absolute atomic E-state index is 13.3. The summed E-state index contributed by atoms with van der Waals surface area (Å²) in [5.74, 6) is -2.06. The van der Waals surface area contributed by atoms with Gasteiger partial charge in [0, 0.05) is 29.4 Å². The molecule has 0 aliphatic heterocycles. The van der Waals surface area contributed by atoms with Gasteiger partial charge >= 0.3 is 12.1 Å². The molecule has 0 saturated carbocycles. The SMILES string of the molecule is CCC(=O)CCCCC[C@H](NC(=O)Cc1c(C)[nH]c2ccc(OC(=O)C(F)(F)F)cc12)c1ncc(-c2ccccc2)[nH]1. The first-order valence-corrected chi connectivity index (χ1v) is 13.9. The number of fused-ring (bicyclic) bond motifs is 1. The predicted molar refractivity (Wildman–Crippen MR) is 152 cm³/mol. The highest BCUT2D eigenvalue weighted by atomic mass is 19.4. The molecule has 11 heteroatoms. The Labute approximate surface area is 241 Å². The molecule has 3 N–H and O–H groups in total. The van der Waals surface area contributed by atoms with Crippen molar-refractivity contribution >= 4 is 28.6 Å². The van der Waals surface area contributed by atoms with Crippen LogP contribution in [0.15, 0.2) is 54.7 Å². The highest BCUT2D eigenvalue weighted by Crippen LogP contribution is 2.29. The number of esters is 1. The van der Waals surface area contributed by atoms with Gasteiger partial charge in [0.05, 0.1) is 24.4 Å². The number of nitrogens with one attached hydrogen (secondary N) is 3. The lowest BCUT2D eigenvalue weighted by molar-refractivity contribution is -0.189. The van der Waals surface area contributed by atoms with Crippen molar-refractivity contribution in [1.29, 1.82) is 0 Å². The molecule has 42 heavy (non-hydrogen) atoms. The molecule has 0 spiro atoms. The summed E-state index contributed by atoms with van der Waals surface area (Å²) in [5.41, 5.74) is 3.61. The zero-order valence-electron chi connectivity index (χ0n) is 23.4. The van der Waals surface area contributed by atoms with E-state index in [4.69, 9.17) is 0 Å². The number of unbranched alkanes of at least 4 members (excludes halogenated alkanes) is 2. The standard InChI is InChI=1S/C31H33F3N4O4/c1-3-21(39)12-8-5-9-13-26(29-35-18-27(38-29)20-10-6-4-7-11-20)37-28(40)17-23-19(2)36-25-15-14-22(16-24(23)25)42-30(41)31(32,33)34/h4,6-7,10-11,14-16,18,26,36H,3,5,8-9,12-13,17H2,1-2H3,(H,35,38)(H,37,40)/t26-/m0/s1. The number of ketones is 1. The number of hydrogen-bond donors (Lipinski definition) is 3. The third-order valence-electron chi connectivity index (χ3n) is 7.06. The molecule has 8 nitrogen and oxygen atoms in total. The fourth-order valence-corrected chi connectivity index (χ4v) is 4.80. The quantitative estimate of drug-likeness (QED) is 0.0926. The number of carbonyl (C=O) groups excluding carboxylic acids is 3. The van der Waals surface area contributed by atoms with Gasteiger partial charge in [0.1, 0.15) is 17.4 Å². The number of halogens is 3. The largest absolute Gasteiger partial charge is 0.491 e. The molecule has 0 saturated heterocycles. The van der Waals surface area contributed by atoms with Crippen molar-refractivity contribution in [1.82, 2.24) is 20.3 Å². The third-order valence-corrected chi connectivity index (χ3v) is 7.06. The smallest absolute Gasteiger partial charge is 0.420 e. The summed E-state index contributed by atoms with van der Waals surface area (Å²) >= 11 is 0. The van der Waals surface area contributed by atoms with E-state index in [9.17, 15) is 27.6 Å². The van der Waals surface area contributed by atoms with Crippen molar-refractivity contribution in [3.8, 4) is 17.0 Å². The topological polar surface area (TPSA) is 117 Å². The van der Waals surface area contributed by atoms with Crippen molar-refractivity contribution in [2.75, 3.05) is 0 Å². The second kappa shape index (κ2) is 13.5. The van der Waals surface area contributed by atoms with Crippen molar-refractivity contribution in [3.63, 3.8) is 0 Å². The number of Topliss-reactive ketones (excluding diaryl/α,β-unsaturated/α-hetero) is 1. The van der Waals surface area contributed by atoms with Gasteiger partial charge in [-0.05, 0) is 49.1 Å². The monoisotopic (exact) mass is 582 g/mol. The van der Waals surface area contributed by atoms with E-state index >= 15 is 0 Å². The number of ether oxygens (including phenoxy) is 1. The molecule has 2 aromatic carbocycles. The van der Waals surface area contributed by atoms with Gasteiger partial charge in [0.2, 0.25) is 5.91 Å². The molecule has 222 valence electrons. The van der Waals surface area contributed by atoms with Crippen LogP contribution in [0.2, 0.25) is 0 Å². The van der Waals surface area contributed by atoms with E-state index in [0.29, 0.717) is 47.2 Å². The highest BCUT2D eigenvalue weighted by molar-refractivity contribution is 5.91. The lowest BCUT2D eigenvalue weighted by Gasteiger charge is -2.17. The number of aromatic nitrogens is 3. The molecule has 0 radical (unpaired) electrons. The Balaban J connectivity index is 1.50. The van der Waals surface area contributed by atoms with E-state index in [-0.39, 0.29) is 23.9 Å². The number of rotatable bonds is 13. The number of amides is 1. The Morgan fingerprint density at radius 2 is 1.79 bits per heavy atom. The maximum atomic E-state index is 13.3. The minimum Gasteiger partial charge on any atom is -0.420 e. The van der Waals surface area contributed by atoms with Crippen LogP contribution in [-0.2, 0) is 20.8 Å². The van der Waals surface area contributed by atoms with E-state index < -0.39 is 18.2 Å². The normalized spacial score (nSPS) is 12.3. The van der Waals surface area contributed by atoms with E-state index in [1.54, 1.807) is 13.1 Å². The molecular formula is C31H33F3N4O4. The van der Waals surface area contributed by atoms with Crippen LogP contribution in [0.1, 0.15) is 68.6 Å². The molecular weight excluding hydrogens is 549 g/mol. The number of hydrogen-bond acceptors (Lipinski definition) is 5. The highest BCUT2D eigenvalue weighted by Gasteiger charge is 2.41. The van der Waals surface area contributed by atoms with Crippen LogP contribution in [0.3, 0.4) is 0 Å². The first kappa shape index (κ1) is 30.5. The molecule has 1 atom stereocenters. The van der Waals surface area contributed by atoms with Crippen LogP contribution >= 0.6 is 0 Å². The average molecular weight is 583 g/mol. The molecule has 0 bridgehead atoms. The van der Waals surface area contributed by atoms with E-state index in [1.165, 1.54) is 18.2 Å². The van der Waals surface area contributed by atoms with E-state index in [1.807, 2.05) is 37.3 Å². The minimum absolute atomic E-state index is 0.0593. The third kappa shape index (κ3) is 7.86. The number of benzene rings is 2. The lowest BCUT2D eigenvalue weighted by Crippen LogP contribution is -2.30.